The minimum absolute atomic E-state index is 0.149. The Bertz CT molecular complexity index is 600. The molecule has 0 saturated carbocycles. The first-order valence-corrected chi connectivity index (χ1v) is 6.33. The summed E-state index contributed by atoms with van der Waals surface area (Å²) in [6.07, 6.45) is 0.623. The molecule has 0 aliphatic rings. The number of halogens is 2. The number of carbonyl (C=O) groups is 1. The number of carbonyl (C=O) groups excluding carboxylic acids is 1. The Morgan fingerprint density at radius 3 is 3.00 bits per heavy atom. The van der Waals surface area contributed by atoms with E-state index in [1.54, 1.807) is 0 Å². The maximum absolute atomic E-state index is 13.4. The number of benzene rings is 1. The van der Waals surface area contributed by atoms with Gasteiger partial charge in [0.2, 0.25) is 0 Å². The molecule has 5 nitrogen and oxygen atoms in total. The average molecular weight is 329 g/mol. The standard InChI is InChI=1S/C12H10BrFN2O3/c1-2-10-15-11(19-16-10)6-18-12(17)8-5-7(13)3-4-9(8)14/h3-5H,2,6H2,1H3. The lowest BCUT2D eigenvalue weighted by molar-refractivity contribution is 0.0424. The highest BCUT2D eigenvalue weighted by molar-refractivity contribution is 9.10. The first-order chi connectivity index (χ1) is 9.10. The topological polar surface area (TPSA) is 65.2 Å². The Kier molecular flexibility index (Phi) is 4.26. The second-order valence-electron chi connectivity index (χ2n) is 3.66. The molecule has 0 aliphatic heterocycles. The normalized spacial score (nSPS) is 10.5. The highest BCUT2D eigenvalue weighted by Gasteiger charge is 2.15. The summed E-state index contributed by atoms with van der Waals surface area (Å²) < 4.78 is 23.8. The van der Waals surface area contributed by atoms with E-state index in [-0.39, 0.29) is 18.1 Å². The second-order valence-corrected chi connectivity index (χ2v) is 4.57. The second kappa shape index (κ2) is 5.92. The molecule has 7 heteroatoms. The molecule has 0 spiro atoms. The van der Waals surface area contributed by atoms with Gasteiger partial charge in [0.15, 0.2) is 12.4 Å². The number of esters is 1. The fourth-order valence-corrected chi connectivity index (χ4v) is 1.71. The van der Waals surface area contributed by atoms with Gasteiger partial charge in [0.1, 0.15) is 5.82 Å². The van der Waals surface area contributed by atoms with Gasteiger partial charge < -0.3 is 9.26 Å². The lowest BCUT2D eigenvalue weighted by Crippen LogP contribution is -2.07. The van der Waals surface area contributed by atoms with Crippen LogP contribution in [0.4, 0.5) is 4.39 Å². The van der Waals surface area contributed by atoms with Crippen molar-refractivity contribution in [3.63, 3.8) is 0 Å². The van der Waals surface area contributed by atoms with E-state index in [0.29, 0.717) is 16.7 Å². The fraction of sp³-hybridized carbons (Fsp3) is 0.250. The summed E-state index contributed by atoms with van der Waals surface area (Å²) in [7, 11) is 0. The molecular formula is C12H10BrFN2O3. The summed E-state index contributed by atoms with van der Waals surface area (Å²) in [4.78, 5) is 15.7. The Morgan fingerprint density at radius 1 is 1.53 bits per heavy atom. The Balaban J connectivity index is 2.03. The number of aryl methyl sites for hydroxylation is 1. The van der Waals surface area contributed by atoms with Crippen molar-refractivity contribution < 1.29 is 18.4 Å². The van der Waals surface area contributed by atoms with Crippen LogP contribution in [0.15, 0.2) is 27.2 Å². The maximum atomic E-state index is 13.4. The van der Waals surface area contributed by atoms with E-state index in [9.17, 15) is 9.18 Å². The Morgan fingerprint density at radius 2 is 2.32 bits per heavy atom. The molecule has 0 bridgehead atoms. The lowest BCUT2D eigenvalue weighted by atomic mass is 10.2. The predicted octanol–water partition coefficient (Wildman–Crippen LogP) is 2.89. The predicted molar refractivity (Wildman–Crippen MR) is 66.9 cm³/mol. The molecule has 0 unspecified atom stereocenters. The molecule has 0 saturated heterocycles. The average Bonchev–Trinajstić information content (AvgIpc) is 2.87. The third-order valence-corrected chi connectivity index (χ3v) is 2.79. The molecule has 100 valence electrons. The van der Waals surface area contributed by atoms with Gasteiger partial charge in [0.05, 0.1) is 5.56 Å². The molecule has 0 radical (unpaired) electrons. The van der Waals surface area contributed by atoms with Gasteiger partial charge in [0, 0.05) is 10.9 Å². The lowest BCUT2D eigenvalue weighted by Gasteiger charge is -2.03. The molecule has 0 fully saturated rings. The minimum atomic E-state index is -0.782. The molecule has 2 rings (SSSR count). The number of nitrogens with zero attached hydrogens (tertiary/aromatic N) is 2. The van der Waals surface area contributed by atoms with Crippen LogP contribution in [0, 0.1) is 5.82 Å². The van der Waals surface area contributed by atoms with Crippen molar-refractivity contribution in [1.29, 1.82) is 0 Å². The smallest absolute Gasteiger partial charge is 0.341 e. The van der Waals surface area contributed by atoms with Gasteiger partial charge in [-0.2, -0.15) is 4.98 Å². The molecule has 19 heavy (non-hydrogen) atoms. The van der Waals surface area contributed by atoms with E-state index in [4.69, 9.17) is 9.26 Å². The quantitative estimate of drug-likeness (QED) is 0.807. The third-order valence-electron chi connectivity index (χ3n) is 2.30. The van der Waals surface area contributed by atoms with Gasteiger partial charge >= 0.3 is 5.97 Å². The van der Waals surface area contributed by atoms with Crippen LogP contribution in [-0.4, -0.2) is 16.1 Å². The number of ether oxygens (including phenoxy) is 1. The summed E-state index contributed by atoms with van der Waals surface area (Å²) in [5.41, 5.74) is -0.149. The first-order valence-electron chi connectivity index (χ1n) is 5.53. The SMILES string of the molecule is CCc1noc(COC(=O)c2cc(Br)ccc2F)n1. The van der Waals surface area contributed by atoms with Crippen LogP contribution in [0.25, 0.3) is 0 Å². The largest absolute Gasteiger partial charge is 0.452 e. The van der Waals surface area contributed by atoms with Crippen molar-refractivity contribution in [2.24, 2.45) is 0 Å². The van der Waals surface area contributed by atoms with Crippen LogP contribution in [0.1, 0.15) is 29.0 Å². The summed E-state index contributed by atoms with van der Waals surface area (Å²) in [6.45, 7) is 1.69. The number of rotatable bonds is 4. The van der Waals surface area contributed by atoms with E-state index in [0.717, 1.165) is 0 Å². The van der Waals surface area contributed by atoms with Gasteiger partial charge in [0.25, 0.3) is 5.89 Å². The monoisotopic (exact) mass is 328 g/mol. The van der Waals surface area contributed by atoms with Crippen molar-refractivity contribution in [3.8, 4) is 0 Å². The molecule has 1 aromatic carbocycles. The molecule has 0 amide bonds. The molecule has 1 aromatic heterocycles. The van der Waals surface area contributed by atoms with E-state index < -0.39 is 11.8 Å². The zero-order valence-electron chi connectivity index (χ0n) is 10.0. The van der Waals surface area contributed by atoms with E-state index in [1.807, 2.05) is 6.92 Å². The fourth-order valence-electron chi connectivity index (χ4n) is 1.35. The molecule has 0 N–H and O–H groups in total. The van der Waals surface area contributed by atoms with Crippen LogP contribution in [-0.2, 0) is 17.8 Å². The summed E-state index contributed by atoms with van der Waals surface area (Å²) in [6, 6.07) is 4.03. The number of hydrogen-bond donors (Lipinski definition) is 0. The molecule has 0 aliphatic carbocycles. The van der Waals surface area contributed by atoms with Crippen LogP contribution < -0.4 is 0 Å². The minimum Gasteiger partial charge on any atom is -0.452 e. The van der Waals surface area contributed by atoms with E-state index in [1.165, 1.54) is 18.2 Å². The summed E-state index contributed by atoms with van der Waals surface area (Å²) >= 11 is 3.16. The van der Waals surface area contributed by atoms with Gasteiger partial charge in [-0.15, -0.1) is 0 Å². The van der Waals surface area contributed by atoms with Crippen LogP contribution >= 0.6 is 15.9 Å². The summed E-state index contributed by atoms with van der Waals surface area (Å²) in [5, 5.41) is 3.66. The Labute approximate surface area is 116 Å². The molecule has 2 aromatic rings. The maximum Gasteiger partial charge on any atom is 0.341 e. The zero-order chi connectivity index (χ0) is 13.8. The molecule has 0 atom stereocenters. The van der Waals surface area contributed by atoms with Crippen LogP contribution in [0.2, 0.25) is 0 Å². The van der Waals surface area contributed by atoms with E-state index >= 15 is 0 Å². The van der Waals surface area contributed by atoms with Gasteiger partial charge in [-0.1, -0.05) is 28.0 Å². The van der Waals surface area contributed by atoms with Crippen molar-refractivity contribution in [2.45, 2.75) is 20.0 Å². The van der Waals surface area contributed by atoms with Crippen molar-refractivity contribution >= 4 is 21.9 Å². The van der Waals surface area contributed by atoms with E-state index in [2.05, 4.69) is 26.1 Å². The highest BCUT2D eigenvalue weighted by atomic mass is 79.9. The van der Waals surface area contributed by atoms with Crippen molar-refractivity contribution in [2.75, 3.05) is 0 Å². The van der Waals surface area contributed by atoms with Crippen LogP contribution in [0.3, 0.4) is 0 Å². The number of aromatic nitrogens is 2. The van der Waals surface area contributed by atoms with Crippen LogP contribution in [0.5, 0.6) is 0 Å². The van der Waals surface area contributed by atoms with Gasteiger partial charge in [-0.25, -0.2) is 9.18 Å². The first kappa shape index (κ1) is 13.7. The van der Waals surface area contributed by atoms with Gasteiger partial charge in [-0.3, -0.25) is 0 Å². The van der Waals surface area contributed by atoms with Gasteiger partial charge in [-0.05, 0) is 18.2 Å². The molecule has 1 heterocycles. The number of hydrogen-bond acceptors (Lipinski definition) is 5. The molecular weight excluding hydrogens is 319 g/mol. The third kappa shape index (κ3) is 3.37. The highest BCUT2D eigenvalue weighted by Crippen LogP contribution is 2.16. The van der Waals surface area contributed by atoms with Crippen molar-refractivity contribution in [3.05, 3.63) is 45.8 Å². The van der Waals surface area contributed by atoms with Crippen molar-refractivity contribution in [1.82, 2.24) is 10.1 Å². The zero-order valence-corrected chi connectivity index (χ0v) is 11.6. The Hall–Kier alpha value is -1.76. The summed E-state index contributed by atoms with van der Waals surface area (Å²) in [5.74, 6) is -0.719.